The van der Waals surface area contributed by atoms with Crippen molar-refractivity contribution in [3.8, 4) is 5.75 Å². The lowest BCUT2D eigenvalue weighted by molar-refractivity contribution is 0.0654. The van der Waals surface area contributed by atoms with Crippen molar-refractivity contribution in [2.75, 3.05) is 20.8 Å². The second kappa shape index (κ2) is 7.44. The van der Waals surface area contributed by atoms with Crippen LogP contribution in [0.15, 0.2) is 42.5 Å². The lowest BCUT2D eigenvalue weighted by atomic mass is 10.0. The number of hydrogen-bond donors (Lipinski definition) is 1. The molecule has 0 heterocycles. The standard InChI is InChI=1S/C17H17ClFNO3/c1-20(17(22)14-8-5-12(18)9-15(14)19)16(10-21)11-3-6-13(23-2)7-4-11/h3-9,16,21H,10H2,1-2H3. The van der Waals surface area contributed by atoms with E-state index in [9.17, 15) is 14.3 Å². The fourth-order valence-electron chi connectivity index (χ4n) is 2.27. The number of ether oxygens (including phenoxy) is 1. The molecule has 0 aliphatic heterocycles. The topological polar surface area (TPSA) is 49.8 Å². The van der Waals surface area contributed by atoms with E-state index in [1.165, 1.54) is 24.1 Å². The van der Waals surface area contributed by atoms with Gasteiger partial charge in [0.05, 0.1) is 25.3 Å². The number of methoxy groups -OCH3 is 1. The van der Waals surface area contributed by atoms with Crippen LogP contribution in [0.2, 0.25) is 5.02 Å². The van der Waals surface area contributed by atoms with Gasteiger partial charge in [-0.3, -0.25) is 4.79 Å². The molecule has 0 saturated heterocycles. The highest BCUT2D eigenvalue weighted by molar-refractivity contribution is 6.30. The molecule has 2 aromatic rings. The number of rotatable bonds is 5. The van der Waals surface area contributed by atoms with Gasteiger partial charge in [-0.15, -0.1) is 0 Å². The number of carbonyl (C=O) groups is 1. The molecule has 0 aliphatic carbocycles. The summed E-state index contributed by atoms with van der Waals surface area (Å²) < 4.78 is 19.0. The van der Waals surface area contributed by atoms with Crippen molar-refractivity contribution in [1.29, 1.82) is 0 Å². The second-order valence-electron chi connectivity index (χ2n) is 5.01. The monoisotopic (exact) mass is 337 g/mol. The Morgan fingerprint density at radius 2 is 1.96 bits per heavy atom. The molecule has 0 saturated carbocycles. The molecule has 0 bridgehead atoms. The van der Waals surface area contributed by atoms with E-state index in [2.05, 4.69) is 0 Å². The number of aliphatic hydroxyl groups excluding tert-OH is 1. The number of carbonyl (C=O) groups excluding carboxylic acids is 1. The molecule has 4 nitrogen and oxygen atoms in total. The van der Waals surface area contributed by atoms with E-state index in [0.717, 1.165) is 11.6 Å². The maximum atomic E-state index is 13.9. The van der Waals surface area contributed by atoms with Gasteiger partial charge in [0.2, 0.25) is 0 Å². The third kappa shape index (κ3) is 3.81. The number of amides is 1. The summed E-state index contributed by atoms with van der Waals surface area (Å²) in [6.45, 7) is -0.288. The lowest BCUT2D eigenvalue weighted by Crippen LogP contribution is -2.33. The van der Waals surface area contributed by atoms with Crippen molar-refractivity contribution in [3.05, 3.63) is 64.4 Å². The summed E-state index contributed by atoms with van der Waals surface area (Å²) in [5.41, 5.74) is 0.627. The molecule has 0 aromatic heterocycles. The van der Waals surface area contributed by atoms with Crippen molar-refractivity contribution >= 4 is 17.5 Å². The summed E-state index contributed by atoms with van der Waals surface area (Å²) in [5, 5.41) is 9.86. The van der Waals surface area contributed by atoms with Gasteiger partial charge in [0.25, 0.3) is 5.91 Å². The lowest BCUT2D eigenvalue weighted by Gasteiger charge is -2.27. The first-order valence-electron chi connectivity index (χ1n) is 6.95. The van der Waals surface area contributed by atoms with Crippen LogP contribution in [0.4, 0.5) is 4.39 Å². The molecule has 6 heteroatoms. The molecule has 1 unspecified atom stereocenters. The Labute approximate surface area is 139 Å². The minimum Gasteiger partial charge on any atom is -0.497 e. The quantitative estimate of drug-likeness (QED) is 0.910. The molecule has 1 N–H and O–H groups in total. The molecular formula is C17H17ClFNO3. The van der Waals surface area contributed by atoms with Crippen LogP contribution >= 0.6 is 11.6 Å². The fourth-order valence-corrected chi connectivity index (χ4v) is 2.43. The van der Waals surface area contributed by atoms with Crippen LogP contribution < -0.4 is 4.74 Å². The fraction of sp³-hybridized carbons (Fsp3) is 0.235. The van der Waals surface area contributed by atoms with E-state index in [1.807, 2.05) is 0 Å². The third-order valence-electron chi connectivity index (χ3n) is 3.62. The van der Waals surface area contributed by atoms with Gasteiger partial charge in [0.15, 0.2) is 0 Å². The summed E-state index contributed by atoms with van der Waals surface area (Å²) in [4.78, 5) is 13.8. The minimum atomic E-state index is -0.694. The minimum absolute atomic E-state index is 0.0936. The van der Waals surface area contributed by atoms with Gasteiger partial charge in [0, 0.05) is 12.1 Å². The van der Waals surface area contributed by atoms with Crippen LogP contribution in [-0.4, -0.2) is 36.7 Å². The normalized spacial score (nSPS) is 11.9. The first-order valence-corrected chi connectivity index (χ1v) is 7.32. The summed E-state index contributed by atoms with van der Waals surface area (Å²) in [6.07, 6.45) is 0. The number of aliphatic hydroxyl groups is 1. The van der Waals surface area contributed by atoms with Crippen molar-refractivity contribution in [2.45, 2.75) is 6.04 Å². The zero-order valence-electron chi connectivity index (χ0n) is 12.8. The third-order valence-corrected chi connectivity index (χ3v) is 3.86. The van der Waals surface area contributed by atoms with Gasteiger partial charge in [-0.25, -0.2) is 4.39 Å². The first-order chi connectivity index (χ1) is 11.0. The highest BCUT2D eigenvalue weighted by Gasteiger charge is 2.24. The SMILES string of the molecule is COc1ccc(C(CO)N(C)C(=O)c2ccc(Cl)cc2F)cc1. The molecule has 2 aromatic carbocycles. The van der Waals surface area contributed by atoms with Gasteiger partial charge in [-0.1, -0.05) is 23.7 Å². The van der Waals surface area contributed by atoms with Crippen LogP contribution in [-0.2, 0) is 0 Å². The smallest absolute Gasteiger partial charge is 0.257 e. The van der Waals surface area contributed by atoms with E-state index < -0.39 is 17.8 Å². The van der Waals surface area contributed by atoms with E-state index in [1.54, 1.807) is 31.4 Å². The van der Waals surface area contributed by atoms with E-state index in [0.29, 0.717) is 5.75 Å². The van der Waals surface area contributed by atoms with E-state index in [4.69, 9.17) is 16.3 Å². The first kappa shape index (κ1) is 17.2. The van der Waals surface area contributed by atoms with Gasteiger partial charge in [0.1, 0.15) is 11.6 Å². The zero-order chi connectivity index (χ0) is 17.0. The number of halogens is 2. The zero-order valence-corrected chi connectivity index (χ0v) is 13.5. The average molecular weight is 338 g/mol. The highest BCUT2D eigenvalue weighted by Crippen LogP contribution is 2.24. The Bertz CT molecular complexity index is 691. The molecule has 23 heavy (non-hydrogen) atoms. The maximum Gasteiger partial charge on any atom is 0.257 e. The molecule has 0 radical (unpaired) electrons. The van der Waals surface area contributed by atoms with E-state index >= 15 is 0 Å². The van der Waals surface area contributed by atoms with Crippen LogP contribution in [0, 0.1) is 5.82 Å². The number of likely N-dealkylation sites (N-methyl/N-ethyl adjacent to an activating group) is 1. The Morgan fingerprint density at radius 1 is 1.30 bits per heavy atom. The van der Waals surface area contributed by atoms with Crippen LogP contribution in [0.5, 0.6) is 5.75 Å². The van der Waals surface area contributed by atoms with Crippen LogP contribution in [0.1, 0.15) is 22.0 Å². The predicted octanol–water partition coefficient (Wildman–Crippen LogP) is 3.29. The molecule has 1 amide bonds. The molecule has 0 fully saturated rings. The van der Waals surface area contributed by atoms with Crippen molar-refractivity contribution < 1.29 is 19.0 Å². The summed E-state index contributed by atoms with van der Waals surface area (Å²) in [5.74, 6) is -0.557. The molecule has 1 atom stereocenters. The highest BCUT2D eigenvalue weighted by atomic mass is 35.5. The van der Waals surface area contributed by atoms with Crippen LogP contribution in [0.25, 0.3) is 0 Å². The van der Waals surface area contributed by atoms with Crippen molar-refractivity contribution in [2.24, 2.45) is 0 Å². The molecule has 122 valence electrons. The molecule has 0 spiro atoms. The molecular weight excluding hydrogens is 321 g/mol. The largest absolute Gasteiger partial charge is 0.497 e. The van der Waals surface area contributed by atoms with Gasteiger partial charge in [-0.05, 0) is 35.9 Å². The molecule has 2 rings (SSSR count). The van der Waals surface area contributed by atoms with Crippen molar-refractivity contribution in [3.63, 3.8) is 0 Å². The Kier molecular flexibility index (Phi) is 5.58. The Hall–Kier alpha value is -2.11. The van der Waals surface area contributed by atoms with Crippen LogP contribution in [0.3, 0.4) is 0 Å². The van der Waals surface area contributed by atoms with Crippen molar-refractivity contribution in [1.82, 2.24) is 4.90 Å². The maximum absolute atomic E-state index is 13.9. The number of nitrogens with zero attached hydrogens (tertiary/aromatic N) is 1. The van der Waals surface area contributed by atoms with Gasteiger partial charge < -0.3 is 14.7 Å². The number of hydrogen-bond acceptors (Lipinski definition) is 3. The Balaban J connectivity index is 2.27. The summed E-state index contributed by atoms with van der Waals surface area (Å²) in [6, 6.07) is 10.3. The van der Waals surface area contributed by atoms with Gasteiger partial charge >= 0.3 is 0 Å². The average Bonchev–Trinajstić information content (AvgIpc) is 2.55. The predicted molar refractivity (Wildman–Crippen MR) is 86.3 cm³/mol. The number of benzene rings is 2. The van der Waals surface area contributed by atoms with Gasteiger partial charge in [-0.2, -0.15) is 0 Å². The second-order valence-corrected chi connectivity index (χ2v) is 5.45. The summed E-state index contributed by atoms with van der Waals surface area (Å²) >= 11 is 5.70. The molecule has 0 aliphatic rings. The summed E-state index contributed by atoms with van der Waals surface area (Å²) in [7, 11) is 3.07. The Morgan fingerprint density at radius 3 is 2.48 bits per heavy atom. The van der Waals surface area contributed by atoms with E-state index in [-0.39, 0.29) is 17.2 Å².